The lowest BCUT2D eigenvalue weighted by Gasteiger charge is -2.28. The van der Waals surface area contributed by atoms with Gasteiger partial charge in [0, 0.05) is 16.8 Å². The molecule has 2 aromatic rings. The molecule has 0 bridgehead atoms. The Morgan fingerprint density at radius 2 is 1.65 bits per heavy atom. The number of carbonyl (C=O) groups is 3. The SMILES string of the molecule is CC(=O)[C@@H](C(=O)c1ccccc1)[C@]1(O)C(=O)Nc2ccccc21. The summed E-state index contributed by atoms with van der Waals surface area (Å²) in [6.45, 7) is 1.21. The van der Waals surface area contributed by atoms with Crippen molar-refractivity contribution in [2.45, 2.75) is 12.5 Å². The standard InChI is InChI=1S/C18H15NO4/c1-11(20)15(16(21)12-7-3-2-4-8-12)18(23)13-9-5-6-10-14(13)19-17(18)22/h2-10,15,23H,1H3,(H,19,22)/t15-,18-/m0/s1. The molecule has 1 amide bonds. The molecule has 116 valence electrons. The predicted molar refractivity (Wildman–Crippen MR) is 83.9 cm³/mol. The second kappa shape index (κ2) is 5.44. The van der Waals surface area contributed by atoms with Crippen LogP contribution in [0.15, 0.2) is 54.6 Å². The Labute approximate surface area is 133 Å². The zero-order valence-corrected chi connectivity index (χ0v) is 12.4. The van der Waals surface area contributed by atoms with Crippen molar-refractivity contribution in [3.05, 3.63) is 65.7 Å². The quantitative estimate of drug-likeness (QED) is 0.667. The van der Waals surface area contributed by atoms with Gasteiger partial charge < -0.3 is 10.4 Å². The van der Waals surface area contributed by atoms with Crippen molar-refractivity contribution in [1.29, 1.82) is 0 Å². The lowest BCUT2D eigenvalue weighted by atomic mass is 9.76. The van der Waals surface area contributed by atoms with E-state index in [4.69, 9.17) is 0 Å². The fraction of sp³-hybridized carbons (Fsp3) is 0.167. The Morgan fingerprint density at radius 3 is 2.30 bits per heavy atom. The van der Waals surface area contributed by atoms with Gasteiger partial charge in [-0.2, -0.15) is 0 Å². The maximum atomic E-state index is 12.8. The van der Waals surface area contributed by atoms with Crippen molar-refractivity contribution < 1.29 is 19.5 Å². The van der Waals surface area contributed by atoms with Crippen LogP contribution in [0.1, 0.15) is 22.8 Å². The number of fused-ring (bicyclic) bond motifs is 1. The number of hydrogen-bond donors (Lipinski definition) is 2. The minimum Gasteiger partial charge on any atom is -0.374 e. The Bertz CT molecular complexity index is 800. The maximum absolute atomic E-state index is 12.8. The van der Waals surface area contributed by atoms with Crippen molar-refractivity contribution >= 4 is 23.2 Å². The van der Waals surface area contributed by atoms with Gasteiger partial charge in [-0.05, 0) is 13.0 Å². The maximum Gasteiger partial charge on any atom is 0.262 e. The van der Waals surface area contributed by atoms with Crippen LogP contribution >= 0.6 is 0 Å². The summed E-state index contributed by atoms with van der Waals surface area (Å²) in [5, 5.41) is 13.6. The van der Waals surface area contributed by atoms with E-state index in [1.807, 2.05) is 0 Å². The fourth-order valence-electron chi connectivity index (χ4n) is 2.99. The number of Topliss-reactive ketones (excluding diaryl/α,β-unsaturated/α-hetero) is 2. The van der Waals surface area contributed by atoms with Gasteiger partial charge in [0.2, 0.25) is 0 Å². The molecule has 1 aliphatic heterocycles. The first kappa shape index (κ1) is 15.1. The van der Waals surface area contributed by atoms with E-state index < -0.39 is 29.0 Å². The third-order valence-corrected chi connectivity index (χ3v) is 4.08. The van der Waals surface area contributed by atoms with Gasteiger partial charge >= 0.3 is 0 Å². The Hall–Kier alpha value is -2.79. The zero-order valence-electron chi connectivity index (χ0n) is 12.4. The topological polar surface area (TPSA) is 83.5 Å². The summed E-state index contributed by atoms with van der Waals surface area (Å²) >= 11 is 0. The van der Waals surface area contributed by atoms with E-state index in [-0.39, 0.29) is 11.1 Å². The minimum atomic E-state index is -2.20. The van der Waals surface area contributed by atoms with Crippen LogP contribution in [0.2, 0.25) is 0 Å². The molecular weight excluding hydrogens is 294 g/mol. The Kier molecular flexibility index (Phi) is 3.58. The normalized spacial score (nSPS) is 20.5. The van der Waals surface area contributed by atoms with Gasteiger partial charge in [0.15, 0.2) is 11.4 Å². The van der Waals surface area contributed by atoms with Crippen LogP contribution in [-0.2, 0) is 15.2 Å². The second-order valence-corrected chi connectivity index (χ2v) is 5.54. The third kappa shape index (κ3) is 2.26. The van der Waals surface area contributed by atoms with Crippen LogP contribution < -0.4 is 5.32 Å². The molecule has 0 fully saturated rings. The van der Waals surface area contributed by atoms with E-state index >= 15 is 0 Å². The van der Waals surface area contributed by atoms with Crippen LogP contribution in [-0.4, -0.2) is 22.6 Å². The summed E-state index contributed by atoms with van der Waals surface area (Å²) in [7, 11) is 0. The van der Waals surface area contributed by atoms with Crippen molar-refractivity contribution in [1.82, 2.24) is 0 Å². The number of amides is 1. The summed E-state index contributed by atoms with van der Waals surface area (Å²) in [6.07, 6.45) is 0. The molecule has 2 atom stereocenters. The zero-order chi connectivity index (χ0) is 16.6. The van der Waals surface area contributed by atoms with Crippen LogP contribution in [0.5, 0.6) is 0 Å². The molecule has 3 rings (SSSR count). The van der Waals surface area contributed by atoms with Crippen molar-refractivity contribution in [3.63, 3.8) is 0 Å². The first-order valence-electron chi connectivity index (χ1n) is 7.19. The van der Waals surface area contributed by atoms with Gasteiger partial charge in [0.25, 0.3) is 5.91 Å². The molecule has 0 saturated heterocycles. The molecule has 2 aromatic carbocycles. The molecule has 0 saturated carbocycles. The summed E-state index contributed by atoms with van der Waals surface area (Å²) < 4.78 is 0. The molecule has 1 aliphatic rings. The monoisotopic (exact) mass is 309 g/mol. The molecule has 2 N–H and O–H groups in total. The lowest BCUT2D eigenvalue weighted by molar-refractivity contribution is -0.144. The van der Waals surface area contributed by atoms with Gasteiger partial charge in [0.05, 0.1) is 0 Å². The highest BCUT2D eigenvalue weighted by Crippen LogP contribution is 2.42. The average molecular weight is 309 g/mol. The highest BCUT2D eigenvalue weighted by atomic mass is 16.3. The van der Waals surface area contributed by atoms with Crippen LogP contribution in [0.4, 0.5) is 5.69 Å². The molecule has 0 unspecified atom stereocenters. The Balaban J connectivity index is 2.14. The number of hydrogen-bond acceptors (Lipinski definition) is 4. The molecule has 1 heterocycles. The number of ketones is 2. The largest absolute Gasteiger partial charge is 0.374 e. The molecule has 0 aliphatic carbocycles. The van der Waals surface area contributed by atoms with E-state index in [0.717, 1.165) is 0 Å². The first-order valence-corrected chi connectivity index (χ1v) is 7.19. The van der Waals surface area contributed by atoms with Crippen molar-refractivity contribution in [2.75, 3.05) is 5.32 Å². The number of aliphatic hydroxyl groups is 1. The fourth-order valence-corrected chi connectivity index (χ4v) is 2.99. The third-order valence-electron chi connectivity index (χ3n) is 4.08. The van der Waals surface area contributed by atoms with Crippen LogP contribution in [0.3, 0.4) is 0 Å². The molecule has 5 nitrogen and oxygen atoms in total. The summed E-state index contributed by atoms with van der Waals surface area (Å²) in [5.74, 6) is -3.39. The molecule has 0 radical (unpaired) electrons. The summed E-state index contributed by atoms with van der Waals surface area (Å²) in [4.78, 5) is 37.3. The van der Waals surface area contributed by atoms with Gasteiger partial charge in [-0.3, -0.25) is 14.4 Å². The van der Waals surface area contributed by atoms with Crippen LogP contribution in [0, 0.1) is 5.92 Å². The van der Waals surface area contributed by atoms with Crippen LogP contribution in [0.25, 0.3) is 0 Å². The van der Waals surface area contributed by atoms with Crippen molar-refractivity contribution in [3.8, 4) is 0 Å². The molecule has 0 spiro atoms. The van der Waals surface area contributed by atoms with Gasteiger partial charge in [0.1, 0.15) is 11.7 Å². The second-order valence-electron chi connectivity index (χ2n) is 5.54. The van der Waals surface area contributed by atoms with E-state index in [2.05, 4.69) is 5.32 Å². The Morgan fingerprint density at radius 1 is 1.04 bits per heavy atom. The number of benzene rings is 2. The van der Waals surface area contributed by atoms with E-state index in [1.165, 1.54) is 6.92 Å². The lowest BCUT2D eigenvalue weighted by Crippen LogP contribution is -2.48. The number of carbonyl (C=O) groups excluding carboxylic acids is 3. The van der Waals surface area contributed by atoms with E-state index in [9.17, 15) is 19.5 Å². The predicted octanol–water partition coefficient (Wildman–Crippen LogP) is 1.91. The molecule has 23 heavy (non-hydrogen) atoms. The first-order chi connectivity index (χ1) is 11.0. The number of nitrogens with one attached hydrogen (secondary N) is 1. The van der Waals surface area contributed by atoms with Gasteiger partial charge in [-0.1, -0.05) is 48.5 Å². The molecule has 0 aromatic heterocycles. The van der Waals surface area contributed by atoms with E-state index in [1.54, 1.807) is 54.6 Å². The molecular formula is C18H15NO4. The van der Waals surface area contributed by atoms with Crippen molar-refractivity contribution in [2.24, 2.45) is 5.92 Å². The summed E-state index contributed by atoms with van der Waals surface area (Å²) in [6, 6.07) is 14.7. The smallest absolute Gasteiger partial charge is 0.262 e. The summed E-state index contributed by atoms with van der Waals surface area (Å²) in [5.41, 5.74) is -1.27. The highest BCUT2D eigenvalue weighted by Gasteiger charge is 2.55. The van der Waals surface area contributed by atoms with Gasteiger partial charge in [-0.15, -0.1) is 0 Å². The highest BCUT2D eigenvalue weighted by molar-refractivity contribution is 6.18. The molecule has 5 heteroatoms. The minimum absolute atomic E-state index is 0.245. The number of para-hydroxylation sites is 1. The average Bonchev–Trinajstić information content (AvgIpc) is 2.80. The number of rotatable bonds is 4. The number of anilines is 1. The van der Waals surface area contributed by atoms with E-state index in [0.29, 0.717) is 5.69 Å². The van der Waals surface area contributed by atoms with Gasteiger partial charge in [-0.25, -0.2) is 0 Å².